The average molecular weight is 753 g/mol. The quantitative estimate of drug-likeness (QED) is 0.0510. The van der Waals surface area contributed by atoms with Gasteiger partial charge in [0.1, 0.15) is 0 Å². The van der Waals surface area contributed by atoms with Crippen molar-refractivity contribution in [3.05, 3.63) is 0 Å². The second-order valence-electron chi connectivity index (χ2n) is 8.57. The topological polar surface area (TPSA) is 128 Å². The van der Waals surface area contributed by atoms with E-state index in [2.05, 4.69) is 0 Å². The Labute approximate surface area is 279 Å². The lowest BCUT2D eigenvalue weighted by Crippen LogP contribution is -2.12. The van der Waals surface area contributed by atoms with Gasteiger partial charge in [0.05, 0.1) is 84.0 Å². The van der Waals surface area contributed by atoms with E-state index < -0.39 is 15.8 Å². The van der Waals surface area contributed by atoms with Crippen LogP contribution in [-0.2, 0) is 59.4 Å². The van der Waals surface area contributed by atoms with Gasteiger partial charge in [0.2, 0.25) is 14.5 Å². The van der Waals surface area contributed by atoms with E-state index in [1.807, 2.05) is 27.7 Å². The van der Waals surface area contributed by atoms with E-state index in [9.17, 15) is 8.42 Å². The van der Waals surface area contributed by atoms with Crippen molar-refractivity contribution in [3.63, 3.8) is 0 Å². The highest BCUT2D eigenvalue weighted by Gasteiger charge is 2.20. The Bertz CT molecular complexity index is 818. The van der Waals surface area contributed by atoms with E-state index >= 15 is 0 Å². The Morgan fingerprint density at radius 2 is 1.07 bits per heavy atom. The summed E-state index contributed by atoms with van der Waals surface area (Å²) in [5.74, 6) is 1.39. The Morgan fingerprint density at radius 3 is 1.45 bits per heavy atom. The first-order valence-electron chi connectivity index (χ1n) is 13.3. The van der Waals surface area contributed by atoms with Crippen molar-refractivity contribution in [2.45, 2.75) is 46.3 Å². The molecule has 0 aromatic carbocycles. The van der Waals surface area contributed by atoms with Crippen LogP contribution in [0.4, 0.5) is 0 Å². The normalized spacial score (nSPS) is 12.3. The minimum absolute atomic E-state index is 0.0628. The van der Waals surface area contributed by atoms with Crippen LogP contribution in [0.2, 0.25) is 0 Å². The van der Waals surface area contributed by atoms with Gasteiger partial charge in [-0.15, -0.1) is 0 Å². The second-order valence-corrected chi connectivity index (χ2v) is 20.0. The van der Waals surface area contributed by atoms with E-state index in [1.54, 1.807) is 0 Å². The van der Waals surface area contributed by atoms with E-state index in [0.29, 0.717) is 65.7 Å². The number of hydrogen-bond donors (Lipinski definition) is 1. The minimum Gasteiger partial charge on any atom is -0.476 e. The molecule has 19 heteroatoms. The number of rotatable bonds is 27. The zero-order valence-corrected chi connectivity index (χ0v) is 31.2. The van der Waals surface area contributed by atoms with Crippen molar-refractivity contribution >= 4 is 95.7 Å². The molecule has 0 aliphatic carbocycles. The van der Waals surface area contributed by atoms with Crippen LogP contribution in [0.25, 0.3) is 0 Å². The average Bonchev–Trinajstić information content (AvgIpc) is 2.87. The Balaban J connectivity index is 4.12. The van der Waals surface area contributed by atoms with E-state index in [-0.39, 0.29) is 50.8 Å². The van der Waals surface area contributed by atoms with Gasteiger partial charge < -0.3 is 37.5 Å². The maximum absolute atomic E-state index is 11.0. The molecule has 0 bridgehead atoms. The van der Waals surface area contributed by atoms with Crippen LogP contribution >= 0.6 is 65.0 Å². The smallest absolute Gasteiger partial charge is 0.264 e. The Kier molecular flexibility index (Phi) is 28.0. The van der Waals surface area contributed by atoms with E-state index in [0.717, 1.165) is 0 Å². The van der Waals surface area contributed by atoms with Gasteiger partial charge in [-0.25, -0.2) is 0 Å². The zero-order valence-electron chi connectivity index (χ0n) is 24.6. The third kappa shape index (κ3) is 31.1. The molecule has 0 radical (unpaired) electrons. The lowest BCUT2D eigenvalue weighted by atomic mass is 10.5. The number of thioether (sulfide) groups is 2. The summed E-state index contributed by atoms with van der Waals surface area (Å²) < 4.78 is 76.5. The van der Waals surface area contributed by atoms with Gasteiger partial charge in [0.25, 0.3) is 10.1 Å². The van der Waals surface area contributed by atoms with Crippen LogP contribution in [0.15, 0.2) is 0 Å². The van der Waals surface area contributed by atoms with Crippen LogP contribution in [0, 0.1) is 0 Å². The van der Waals surface area contributed by atoms with Gasteiger partial charge in [0.15, 0.2) is 0 Å². The molecule has 0 fully saturated rings. The highest BCUT2D eigenvalue weighted by molar-refractivity contribution is 8.67. The van der Waals surface area contributed by atoms with Crippen LogP contribution in [0.1, 0.15) is 34.1 Å². The van der Waals surface area contributed by atoms with Crippen LogP contribution in [0.5, 0.6) is 0 Å². The highest BCUT2D eigenvalue weighted by atomic mass is 32.9. The van der Waals surface area contributed by atoms with Gasteiger partial charge in [-0.2, -0.15) is 8.42 Å². The van der Waals surface area contributed by atoms with E-state index in [1.165, 1.54) is 34.9 Å². The summed E-state index contributed by atoms with van der Waals surface area (Å²) in [6.07, 6.45) is 0.343. The third-order valence-corrected chi connectivity index (χ3v) is 12.7. The fourth-order valence-corrected chi connectivity index (χ4v) is 9.63. The Morgan fingerprint density at radius 1 is 0.690 bits per heavy atom. The van der Waals surface area contributed by atoms with Gasteiger partial charge >= 0.3 is 0 Å². The van der Waals surface area contributed by atoms with Crippen LogP contribution in [0.3, 0.4) is 0 Å². The molecule has 0 aromatic rings. The molecule has 42 heavy (non-hydrogen) atoms. The molecular formula is C23H45O11PS7. The highest BCUT2D eigenvalue weighted by Crippen LogP contribution is 2.61. The first-order valence-corrected chi connectivity index (χ1v) is 21.9. The van der Waals surface area contributed by atoms with Crippen molar-refractivity contribution < 1.29 is 50.4 Å². The largest absolute Gasteiger partial charge is 0.476 e. The van der Waals surface area contributed by atoms with E-state index in [4.69, 9.17) is 78.3 Å². The molecule has 1 N–H and O–H groups in total. The molecule has 0 amide bonds. The standard InChI is InChI=1S/C23H45O11PS7/c1-20(2)33-22(36)39-17-14-29-8-6-27-10-12-31-35(38,41-16-5-19-42(24,25)26)32-13-11-28-7-9-30-15-18-40-23(37)34-21(3)4/h20-21H,5-19H2,1-4H3,(H,24,25,26). The summed E-state index contributed by atoms with van der Waals surface area (Å²) in [6, 6.07) is 0. The molecule has 0 saturated heterocycles. The monoisotopic (exact) mass is 752 g/mol. The first kappa shape index (κ1) is 43.1. The van der Waals surface area contributed by atoms with Crippen molar-refractivity contribution in [3.8, 4) is 0 Å². The maximum Gasteiger partial charge on any atom is 0.264 e. The minimum atomic E-state index is -4.04. The fraction of sp³-hybridized carbons (Fsp3) is 0.913. The predicted octanol–water partition coefficient (Wildman–Crippen LogP) is 5.21. The van der Waals surface area contributed by atoms with Gasteiger partial charge in [-0.3, -0.25) is 4.55 Å². The van der Waals surface area contributed by atoms with Crippen LogP contribution in [-0.4, -0.2) is 123 Å². The summed E-state index contributed by atoms with van der Waals surface area (Å²) in [6.45, 7) is 11.4. The second kappa shape index (κ2) is 27.3. The summed E-state index contributed by atoms with van der Waals surface area (Å²) >= 11 is 19.9. The number of thiocarbonyl (C=S) groups is 2. The van der Waals surface area contributed by atoms with Crippen LogP contribution < -0.4 is 0 Å². The van der Waals surface area contributed by atoms with Gasteiger partial charge in [-0.1, -0.05) is 34.9 Å². The summed E-state index contributed by atoms with van der Waals surface area (Å²) in [7, 11) is -4.04. The first-order chi connectivity index (χ1) is 19.8. The van der Waals surface area contributed by atoms with Gasteiger partial charge in [0, 0.05) is 17.3 Å². The molecule has 0 rings (SSSR count). The maximum atomic E-state index is 11.0. The molecule has 0 spiro atoms. The summed E-state index contributed by atoms with van der Waals surface area (Å²) in [4.78, 5) is 0. The molecule has 0 aromatic heterocycles. The van der Waals surface area contributed by atoms with Crippen molar-refractivity contribution in [2.75, 3.05) is 89.1 Å². The zero-order chi connectivity index (χ0) is 31.7. The molecule has 0 aliphatic heterocycles. The molecule has 0 atom stereocenters. The Hall–Kier alpha value is 1.15. The molecule has 0 saturated carbocycles. The molecule has 250 valence electrons. The fourth-order valence-electron chi connectivity index (χ4n) is 2.41. The molecule has 0 unspecified atom stereocenters. The summed E-state index contributed by atoms with van der Waals surface area (Å²) in [5, 5.41) is 0. The number of hydrogen-bond acceptors (Lipinski definition) is 16. The number of ether oxygens (including phenoxy) is 6. The van der Waals surface area contributed by atoms with Crippen molar-refractivity contribution in [2.24, 2.45) is 0 Å². The lowest BCUT2D eigenvalue weighted by Gasteiger charge is -2.21. The third-order valence-electron chi connectivity index (χ3n) is 4.05. The van der Waals surface area contributed by atoms with Crippen molar-refractivity contribution in [1.82, 2.24) is 0 Å². The van der Waals surface area contributed by atoms with Gasteiger partial charge in [-0.05, 0) is 70.4 Å². The molecule has 11 nitrogen and oxygen atoms in total. The molecular weight excluding hydrogens is 708 g/mol. The molecule has 0 heterocycles. The predicted molar refractivity (Wildman–Crippen MR) is 186 cm³/mol. The lowest BCUT2D eigenvalue weighted by molar-refractivity contribution is 0.0350. The SMILES string of the molecule is CC(C)OC(=S)SCCOCCOCCOP(=S)(OCCOCCOCCSC(=S)OC(C)C)SCCCS(=O)(=O)O. The molecule has 0 aliphatic rings. The van der Waals surface area contributed by atoms with Crippen molar-refractivity contribution in [1.29, 1.82) is 0 Å². The summed E-state index contributed by atoms with van der Waals surface area (Å²) in [5.41, 5.74) is -2.78.